The zero-order valence-electron chi connectivity index (χ0n) is 7.79. The van der Waals surface area contributed by atoms with Gasteiger partial charge in [0, 0.05) is 18.9 Å². The van der Waals surface area contributed by atoms with Crippen LogP contribution in [0.1, 0.15) is 26.2 Å². The van der Waals surface area contributed by atoms with Crippen molar-refractivity contribution in [2.24, 2.45) is 5.92 Å². The molecule has 1 aliphatic rings. The Morgan fingerprint density at radius 3 is 3.00 bits per heavy atom. The highest BCUT2D eigenvalue weighted by Crippen LogP contribution is 2.22. The summed E-state index contributed by atoms with van der Waals surface area (Å²) in [5.74, 6) is 0.220. The van der Waals surface area contributed by atoms with Gasteiger partial charge >= 0.3 is 5.97 Å². The molecule has 1 fully saturated rings. The molecule has 0 aliphatic heterocycles. The molecule has 0 aromatic heterocycles. The Bertz CT molecular complexity index is 230. The SMILES string of the molecule is CCOC(=O)/C=C/C1CCC(=O)C1. The summed E-state index contributed by atoms with van der Waals surface area (Å²) in [7, 11) is 0. The van der Waals surface area contributed by atoms with Crippen LogP contribution in [-0.4, -0.2) is 18.4 Å². The first-order valence-corrected chi connectivity index (χ1v) is 4.59. The van der Waals surface area contributed by atoms with Crippen LogP contribution in [0.15, 0.2) is 12.2 Å². The van der Waals surface area contributed by atoms with Gasteiger partial charge in [0.2, 0.25) is 0 Å². The largest absolute Gasteiger partial charge is 0.463 e. The van der Waals surface area contributed by atoms with Gasteiger partial charge in [0.15, 0.2) is 0 Å². The molecule has 1 rings (SSSR count). The zero-order valence-corrected chi connectivity index (χ0v) is 7.79. The topological polar surface area (TPSA) is 43.4 Å². The number of hydrogen-bond donors (Lipinski definition) is 0. The molecule has 1 aliphatic carbocycles. The lowest BCUT2D eigenvalue weighted by Crippen LogP contribution is -2.00. The third-order valence-corrected chi connectivity index (χ3v) is 2.07. The zero-order chi connectivity index (χ0) is 9.68. The van der Waals surface area contributed by atoms with Crippen LogP contribution in [-0.2, 0) is 14.3 Å². The lowest BCUT2D eigenvalue weighted by molar-refractivity contribution is -0.137. The number of ketones is 1. The van der Waals surface area contributed by atoms with E-state index in [0.717, 1.165) is 6.42 Å². The van der Waals surface area contributed by atoms with E-state index in [2.05, 4.69) is 0 Å². The Balaban J connectivity index is 2.31. The second-order valence-electron chi connectivity index (χ2n) is 3.15. The van der Waals surface area contributed by atoms with Crippen LogP contribution in [0.5, 0.6) is 0 Å². The molecular weight excluding hydrogens is 168 g/mol. The first kappa shape index (κ1) is 9.96. The van der Waals surface area contributed by atoms with Crippen LogP contribution >= 0.6 is 0 Å². The number of Topliss-reactive ketones (excluding diaryl/α,β-unsaturated/α-hetero) is 1. The van der Waals surface area contributed by atoms with Gasteiger partial charge in [0.05, 0.1) is 6.61 Å². The number of rotatable bonds is 3. The molecule has 3 heteroatoms. The third kappa shape index (κ3) is 3.40. The molecule has 1 unspecified atom stereocenters. The second-order valence-corrected chi connectivity index (χ2v) is 3.15. The van der Waals surface area contributed by atoms with E-state index in [0.29, 0.717) is 25.2 Å². The molecule has 1 atom stereocenters. The normalized spacial score (nSPS) is 22.5. The van der Waals surface area contributed by atoms with Crippen molar-refractivity contribution >= 4 is 11.8 Å². The van der Waals surface area contributed by atoms with Gasteiger partial charge in [-0.3, -0.25) is 4.79 Å². The predicted octanol–water partition coefficient (Wildman–Crippen LogP) is 1.47. The van der Waals surface area contributed by atoms with Crippen molar-refractivity contribution in [1.82, 2.24) is 0 Å². The average Bonchev–Trinajstić information content (AvgIpc) is 2.49. The summed E-state index contributed by atoms with van der Waals surface area (Å²) in [4.78, 5) is 21.8. The lowest BCUT2D eigenvalue weighted by atomic mass is 10.1. The Morgan fingerprint density at radius 1 is 1.69 bits per heavy atom. The quantitative estimate of drug-likeness (QED) is 0.490. The minimum absolute atomic E-state index is 0.247. The van der Waals surface area contributed by atoms with Crippen LogP contribution < -0.4 is 0 Å². The molecule has 0 radical (unpaired) electrons. The summed E-state index contributed by atoms with van der Waals surface area (Å²) in [5.41, 5.74) is 0. The lowest BCUT2D eigenvalue weighted by Gasteiger charge is -1.98. The Morgan fingerprint density at radius 2 is 2.46 bits per heavy atom. The average molecular weight is 182 g/mol. The Labute approximate surface area is 77.8 Å². The number of hydrogen-bond acceptors (Lipinski definition) is 3. The molecule has 0 amide bonds. The third-order valence-electron chi connectivity index (χ3n) is 2.07. The fourth-order valence-corrected chi connectivity index (χ4v) is 1.41. The van der Waals surface area contributed by atoms with Gasteiger partial charge in [-0.05, 0) is 19.3 Å². The first-order chi connectivity index (χ1) is 6.22. The predicted molar refractivity (Wildman–Crippen MR) is 48.1 cm³/mol. The van der Waals surface area contributed by atoms with E-state index in [1.807, 2.05) is 0 Å². The van der Waals surface area contributed by atoms with Crippen molar-refractivity contribution in [3.8, 4) is 0 Å². The Hall–Kier alpha value is -1.12. The van der Waals surface area contributed by atoms with Crippen LogP contribution in [0.3, 0.4) is 0 Å². The number of carbonyl (C=O) groups is 2. The van der Waals surface area contributed by atoms with Gasteiger partial charge in [0.1, 0.15) is 5.78 Å². The maximum Gasteiger partial charge on any atom is 0.330 e. The number of carbonyl (C=O) groups excluding carboxylic acids is 2. The van der Waals surface area contributed by atoms with Gasteiger partial charge in [0.25, 0.3) is 0 Å². The molecular formula is C10H14O3. The molecule has 0 spiro atoms. The van der Waals surface area contributed by atoms with Crippen molar-refractivity contribution in [2.45, 2.75) is 26.2 Å². The standard InChI is InChI=1S/C10H14O3/c1-2-13-10(12)6-4-8-3-5-9(11)7-8/h4,6,8H,2-3,5,7H2,1H3/b6-4+. The van der Waals surface area contributed by atoms with Crippen LogP contribution in [0.2, 0.25) is 0 Å². The van der Waals surface area contributed by atoms with Gasteiger partial charge in [-0.25, -0.2) is 4.79 Å². The monoisotopic (exact) mass is 182 g/mol. The maximum absolute atomic E-state index is 10.9. The minimum Gasteiger partial charge on any atom is -0.463 e. The molecule has 13 heavy (non-hydrogen) atoms. The highest BCUT2D eigenvalue weighted by molar-refractivity contribution is 5.83. The van der Waals surface area contributed by atoms with E-state index in [-0.39, 0.29) is 11.9 Å². The van der Waals surface area contributed by atoms with Gasteiger partial charge < -0.3 is 4.74 Å². The second kappa shape index (κ2) is 4.80. The van der Waals surface area contributed by atoms with Crippen LogP contribution in [0.25, 0.3) is 0 Å². The fraction of sp³-hybridized carbons (Fsp3) is 0.600. The molecule has 72 valence electrons. The number of ether oxygens (including phenoxy) is 1. The van der Waals surface area contributed by atoms with E-state index in [4.69, 9.17) is 4.74 Å². The highest BCUT2D eigenvalue weighted by atomic mass is 16.5. The number of allylic oxidation sites excluding steroid dienone is 1. The molecule has 3 nitrogen and oxygen atoms in total. The van der Waals surface area contributed by atoms with Crippen molar-refractivity contribution < 1.29 is 14.3 Å². The van der Waals surface area contributed by atoms with E-state index in [1.54, 1.807) is 13.0 Å². The minimum atomic E-state index is -0.318. The van der Waals surface area contributed by atoms with E-state index < -0.39 is 0 Å². The molecule has 0 bridgehead atoms. The van der Waals surface area contributed by atoms with Crippen molar-refractivity contribution in [3.63, 3.8) is 0 Å². The summed E-state index contributed by atoms with van der Waals surface area (Å²) in [6.45, 7) is 2.16. The van der Waals surface area contributed by atoms with Crippen molar-refractivity contribution in [2.75, 3.05) is 6.61 Å². The molecule has 0 N–H and O–H groups in total. The molecule has 0 heterocycles. The van der Waals surface area contributed by atoms with Gasteiger partial charge in [-0.1, -0.05) is 6.08 Å². The van der Waals surface area contributed by atoms with Gasteiger partial charge in [-0.15, -0.1) is 0 Å². The highest BCUT2D eigenvalue weighted by Gasteiger charge is 2.19. The first-order valence-electron chi connectivity index (χ1n) is 4.59. The Kier molecular flexibility index (Phi) is 3.68. The molecule has 0 aromatic rings. The van der Waals surface area contributed by atoms with E-state index in [9.17, 15) is 9.59 Å². The molecule has 0 saturated heterocycles. The van der Waals surface area contributed by atoms with Crippen molar-refractivity contribution in [3.05, 3.63) is 12.2 Å². The smallest absolute Gasteiger partial charge is 0.330 e. The summed E-state index contributed by atoms with van der Waals surface area (Å²) < 4.78 is 4.72. The van der Waals surface area contributed by atoms with Crippen LogP contribution in [0.4, 0.5) is 0 Å². The van der Waals surface area contributed by atoms with Crippen LogP contribution in [0, 0.1) is 5.92 Å². The fourth-order valence-electron chi connectivity index (χ4n) is 1.41. The summed E-state index contributed by atoms with van der Waals surface area (Å²) in [6.07, 6.45) is 5.30. The maximum atomic E-state index is 10.9. The molecule has 1 saturated carbocycles. The summed E-state index contributed by atoms with van der Waals surface area (Å²) in [6, 6.07) is 0. The number of esters is 1. The van der Waals surface area contributed by atoms with Gasteiger partial charge in [-0.2, -0.15) is 0 Å². The molecule has 0 aromatic carbocycles. The van der Waals surface area contributed by atoms with E-state index in [1.165, 1.54) is 6.08 Å². The van der Waals surface area contributed by atoms with E-state index >= 15 is 0 Å². The van der Waals surface area contributed by atoms with Crippen molar-refractivity contribution in [1.29, 1.82) is 0 Å². The summed E-state index contributed by atoms with van der Waals surface area (Å²) in [5, 5.41) is 0. The summed E-state index contributed by atoms with van der Waals surface area (Å²) >= 11 is 0.